The quantitative estimate of drug-likeness (QED) is 0.433. The van der Waals surface area contributed by atoms with E-state index in [9.17, 15) is 9.59 Å². The summed E-state index contributed by atoms with van der Waals surface area (Å²) in [5, 5.41) is 9.09. The lowest BCUT2D eigenvalue weighted by molar-refractivity contribution is -0.143. The predicted octanol–water partition coefficient (Wildman–Crippen LogP) is 4.19. The van der Waals surface area contributed by atoms with Gasteiger partial charge in [0.2, 0.25) is 0 Å². The molecular formula is C19H30O4. The van der Waals surface area contributed by atoms with Crippen molar-refractivity contribution >= 4 is 11.9 Å². The van der Waals surface area contributed by atoms with Crippen LogP contribution in [-0.4, -0.2) is 23.7 Å². The third-order valence-electron chi connectivity index (χ3n) is 5.85. The topological polar surface area (TPSA) is 63.6 Å². The van der Waals surface area contributed by atoms with Crippen LogP contribution in [0.5, 0.6) is 0 Å². The maximum Gasteiger partial charge on any atom is 0.330 e. The van der Waals surface area contributed by atoms with Crippen LogP contribution in [0.2, 0.25) is 0 Å². The van der Waals surface area contributed by atoms with Gasteiger partial charge in [-0.15, -0.1) is 0 Å². The normalized spacial score (nSPS) is 31.3. The molecule has 2 fully saturated rings. The summed E-state index contributed by atoms with van der Waals surface area (Å²) < 4.78 is 5.02. The highest BCUT2D eigenvalue weighted by Gasteiger charge is 2.32. The van der Waals surface area contributed by atoms with Crippen molar-refractivity contribution in [2.75, 3.05) is 6.61 Å². The minimum atomic E-state index is -0.607. The molecular weight excluding hydrogens is 292 g/mol. The fraction of sp³-hybridized carbons (Fsp3) is 0.789. The smallest absolute Gasteiger partial charge is 0.330 e. The van der Waals surface area contributed by atoms with Crippen molar-refractivity contribution in [2.24, 2.45) is 23.7 Å². The van der Waals surface area contributed by atoms with E-state index in [4.69, 9.17) is 9.84 Å². The molecule has 4 heteroatoms. The SMILES string of the molecule is C=CC(=O)OCCCC1CCC(C2CCC(C(=O)O)CC2)CC1. The van der Waals surface area contributed by atoms with Crippen molar-refractivity contribution in [1.82, 2.24) is 0 Å². The standard InChI is InChI=1S/C19H30O4/c1-2-18(20)23-13-3-4-14-5-7-15(8-6-14)16-9-11-17(12-10-16)19(21)22/h2,14-17H,1,3-13H2,(H,21,22). The average molecular weight is 322 g/mol. The van der Waals surface area contributed by atoms with E-state index in [0.717, 1.165) is 56.3 Å². The molecule has 0 spiro atoms. The molecule has 0 aliphatic heterocycles. The predicted molar refractivity (Wildman–Crippen MR) is 88.9 cm³/mol. The first-order valence-corrected chi connectivity index (χ1v) is 9.12. The number of carboxylic acids is 1. The van der Waals surface area contributed by atoms with Gasteiger partial charge in [0.15, 0.2) is 0 Å². The highest BCUT2D eigenvalue weighted by Crippen LogP contribution is 2.42. The molecule has 0 aromatic carbocycles. The van der Waals surface area contributed by atoms with Gasteiger partial charge in [-0.05, 0) is 69.1 Å². The molecule has 4 nitrogen and oxygen atoms in total. The van der Waals surface area contributed by atoms with Crippen LogP contribution >= 0.6 is 0 Å². The third kappa shape index (κ3) is 5.67. The van der Waals surface area contributed by atoms with Gasteiger partial charge in [0, 0.05) is 6.08 Å². The lowest BCUT2D eigenvalue weighted by atomic mass is 9.69. The van der Waals surface area contributed by atoms with E-state index in [-0.39, 0.29) is 11.9 Å². The summed E-state index contributed by atoms with van der Waals surface area (Å²) in [6.45, 7) is 3.89. The summed E-state index contributed by atoms with van der Waals surface area (Å²) >= 11 is 0. The number of carboxylic acid groups (broad SMARTS) is 1. The van der Waals surface area contributed by atoms with Crippen molar-refractivity contribution in [3.05, 3.63) is 12.7 Å². The van der Waals surface area contributed by atoms with Gasteiger partial charge in [-0.25, -0.2) is 4.79 Å². The summed E-state index contributed by atoms with van der Waals surface area (Å²) in [7, 11) is 0. The lowest BCUT2D eigenvalue weighted by Gasteiger charge is -2.37. The van der Waals surface area contributed by atoms with E-state index in [1.54, 1.807) is 0 Å². The summed E-state index contributed by atoms with van der Waals surface area (Å²) in [5.74, 6) is 1.29. The number of hydrogen-bond donors (Lipinski definition) is 1. The fourth-order valence-electron chi connectivity index (χ4n) is 4.39. The van der Waals surface area contributed by atoms with Crippen LogP contribution in [0.4, 0.5) is 0 Å². The molecule has 130 valence electrons. The minimum absolute atomic E-state index is 0.0964. The molecule has 2 saturated carbocycles. The molecule has 0 atom stereocenters. The second kappa shape index (κ2) is 9.09. The maximum atomic E-state index is 11.0. The van der Waals surface area contributed by atoms with Gasteiger partial charge in [-0.3, -0.25) is 4.79 Å². The Kier molecular flexibility index (Phi) is 7.13. The number of carbonyl (C=O) groups is 2. The number of rotatable bonds is 7. The van der Waals surface area contributed by atoms with Crippen LogP contribution in [0.25, 0.3) is 0 Å². The Hall–Kier alpha value is -1.32. The maximum absolute atomic E-state index is 11.0. The zero-order valence-electron chi connectivity index (χ0n) is 14.0. The summed E-state index contributed by atoms with van der Waals surface area (Å²) in [4.78, 5) is 22.0. The van der Waals surface area contributed by atoms with Crippen molar-refractivity contribution in [1.29, 1.82) is 0 Å². The molecule has 2 aliphatic rings. The van der Waals surface area contributed by atoms with Gasteiger partial charge in [-0.2, -0.15) is 0 Å². The first kappa shape index (κ1) is 18.0. The van der Waals surface area contributed by atoms with Gasteiger partial charge in [-0.1, -0.05) is 19.4 Å². The number of aliphatic carboxylic acids is 1. The van der Waals surface area contributed by atoms with Gasteiger partial charge >= 0.3 is 11.9 Å². The Bertz CT molecular complexity index is 402. The molecule has 0 bridgehead atoms. The van der Waals surface area contributed by atoms with Gasteiger partial charge < -0.3 is 9.84 Å². The van der Waals surface area contributed by atoms with E-state index in [0.29, 0.717) is 6.61 Å². The lowest BCUT2D eigenvalue weighted by Crippen LogP contribution is -2.28. The summed E-state index contributed by atoms with van der Waals surface area (Å²) in [5.41, 5.74) is 0. The highest BCUT2D eigenvalue weighted by molar-refractivity contribution is 5.81. The van der Waals surface area contributed by atoms with Gasteiger partial charge in [0.1, 0.15) is 0 Å². The number of hydrogen-bond acceptors (Lipinski definition) is 3. The molecule has 0 heterocycles. The summed E-state index contributed by atoms with van der Waals surface area (Å²) in [6.07, 6.45) is 12.4. The second-order valence-electron chi connectivity index (χ2n) is 7.24. The third-order valence-corrected chi connectivity index (χ3v) is 5.85. The van der Waals surface area contributed by atoms with E-state index < -0.39 is 5.97 Å². The van der Waals surface area contributed by atoms with E-state index in [2.05, 4.69) is 6.58 Å². The van der Waals surface area contributed by atoms with Crippen molar-refractivity contribution in [3.8, 4) is 0 Å². The molecule has 23 heavy (non-hydrogen) atoms. The van der Waals surface area contributed by atoms with E-state index in [1.807, 2.05) is 0 Å². The number of ether oxygens (including phenoxy) is 1. The van der Waals surface area contributed by atoms with Crippen LogP contribution in [-0.2, 0) is 14.3 Å². The zero-order chi connectivity index (χ0) is 16.7. The first-order valence-electron chi connectivity index (χ1n) is 9.12. The molecule has 0 aromatic heterocycles. The average Bonchev–Trinajstić information content (AvgIpc) is 2.59. The molecule has 2 aliphatic carbocycles. The Morgan fingerprint density at radius 1 is 1.00 bits per heavy atom. The summed E-state index contributed by atoms with van der Waals surface area (Å²) in [6, 6.07) is 0. The van der Waals surface area contributed by atoms with Crippen LogP contribution in [0, 0.1) is 23.7 Å². The Labute approximate surface area is 139 Å². The number of esters is 1. The Morgan fingerprint density at radius 3 is 2.09 bits per heavy atom. The van der Waals surface area contributed by atoms with Crippen LogP contribution in [0.3, 0.4) is 0 Å². The molecule has 0 aromatic rings. The Balaban J connectivity index is 1.60. The highest BCUT2D eigenvalue weighted by atomic mass is 16.5. The van der Waals surface area contributed by atoms with Crippen molar-refractivity contribution in [2.45, 2.75) is 64.2 Å². The molecule has 0 amide bonds. The second-order valence-corrected chi connectivity index (χ2v) is 7.24. The molecule has 2 rings (SSSR count). The van der Waals surface area contributed by atoms with Gasteiger partial charge in [0.05, 0.1) is 12.5 Å². The van der Waals surface area contributed by atoms with Crippen molar-refractivity contribution < 1.29 is 19.4 Å². The van der Waals surface area contributed by atoms with E-state index in [1.165, 1.54) is 31.8 Å². The molecule has 0 saturated heterocycles. The largest absolute Gasteiger partial charge is 0.481 e. The van der Waals surface area contributed by atoms with Crippen molar-refractivity contribution in [3.63, 3.8) is 0 Å². The zero-order valence-corrected chi connectivity index (χ0v) is 14.0. The minimum Gasteiger partial charge on any atom is -0.481 e. The molecule has 0 unspecified atom stereocenters. The first-order chi connectivity index (χ1) is 11.1. The van der Waals surface area contributed by atoms with Crippen LogP contribution in [0.1, 0.15) is 64.2 Å². The Morgan fingerprint density at radius 2 is 1.57 bits per heavy atom. The molecule has 0 radical (unpaired) electrons. The molecule has 1 N–H and O–H groups in total. The van der Waals surface area contributed by atoms with Crippen LogP contribution < -0.4 is 0 Å². The fourth-order valence-corrected chi connectivity index (χ4v) is 4.39. The van der Waals surface area contributed by atoms with Gasteiger partial charge in [0.25, 0.3) is 0 Å². The monoisotopic (exact) mass is 322 g/mol. The number of carbonyl (C=O) groups excluding carboxylic acids is 1. The van der Waals surface area contributed by atoms with Crippen LogP contribution in [0.15, 0.2) is 12.7 Å². The van der Waals surface area contributed by atoms with E-state index >= 15 is 0 Å².